The van der Waals surface area contributed by atoms with Crippen molar-refractivity contribution < 1.29 is 14.3 Å². The van der Waals surface area contributed by atoms with Gasteiger partial charge in [0, 0.05) is 45.1 Å². The van der Waals surface area contributed by atoms with Crippen LogP contribution in [0.2, 0.25) is 0 Å². The number of rotatable bonds is 11. The van der Waals surface area contributed by atoms with Crippen LogP contribution in [0.3, 0.4) is 0 Å². The monoisotopic (exact) mass is 422 g/mol. The van der Waals surface area contributed by atoms with Crippen LogP contribution in [-0.2, 0) is 14.3 Å². The van der Waals surface area contributed by atoms with Gasteiger partial charge in [-0.1, -0.05) is 38.5 Å². The van der Waals surface area contributed by atoms with Crippen molar-refractivity contribution >= 4 is 17.8 Å². The highest BCUT2D eigenvalue weighted by Crippen LogP contribution is 2.26. The second-order valence-corrected chi connectivity index (χ2v) is 8.57. The third-order valence-corrected chi connectivity index (χ3v) is 6.17. The molecule has 7 heteroatoms. The summed E-state index contributed by atoms with van der Waals surface area (Å²) in [6.45, 7) is 4.84. The zero-order valence-corrected chi connectivity index (χ0v) is 19.1. The van der Waals surface area contributed by atoms with Crippen molar-refractivity contribution in [2.24, 2.45) is 10.9 Å². The number of carbonyl (C=O) groups excluding carboxylic acids is 2. The Morgan fingerprint density at radius 3 is 2.50 bits per heavy atom. The Kier molecular flexibility index (Phi) is 11.6. The summed E-state index contributed by atoms with van der Waals surface area (Å²) < 4.78 is 4.94. The molecule has 2 fully saturated rings. The molecule has 1 atom stereocenters. The summed E-state index contributed by atoms with van der Waals surface area (Å²) >= 11 is 0. The Morgan fingerprint density at radius 1 is 1.03 bits per heavy atom. The largest absolute Gasteiger partial charge is 0.466 e. The highest BCUT2D eigenvalue weighted by Gasteiger charge is 2.31. The van der Waals surface area contributed by atoms with Crippen LogP contribution >= 0.6 is 0 Å². The molecule has 0 bridgehead atoms. The summed E-state index contributed by atoms with van der Waals surface area (Å²) in [5.41, 5.74) is 0. The molecule has 1 aliphatic heterocycles. The Morgan fingerprint density at radius 2 is 1.77 bits per heavy atom. The van der Waals surface area contributed by atoms with Crippen molar-refractivity contribution in [2.75, 3.05) is 33.3 Å². The number of likely N-dealkylation sites (tertiary alicyclic amines) is 1. The molecule has 0 aromatic carbocycles. The average Bonchev–Trinajstić information content (AvgIpc) is 3.23. The standard InChI is InChI=1S/C23H42N4O3/c1-3-30-21(28)14-10-5-4-6-11-16-25-23(24-2)26-20-15-17-27(18-20)22(29)19-12-8-7-9-13-19/h19-20H,3-18H2,1-2H3,(H2,24,25,26). The Balaban J connectivity index is 1.53. The molecule has 2 N–H and O–H groups in total. The summed E-state index contributed by atoms with van der Waals surface area (Å²) in [7, 11) is 1.80. The van der Waals surface area contributed by atoms with Gasteiger partial charge in [-0.15, -0.1) is 0 Å². The third kappa shape index (κ3) is 8.92. The number of carbonyl (C=O) groups is 2. The third-order valence-electron chi connectivity index (χ3n) is 6.17. The first-order valence-electron chi connectivity index (χ1n) is 12.1. The summed E-state index contributed by atoms with van der Waals surface area (Å²) in [6, 6.07) is 0.284. The molecule has 30 heavy (non-hydrogen) atoms. The van der Waals surface area contributed by atoms with Crippen molar-refractivity contribution in [3.63, 3.8) is 0 Å². The van der Waals surface area contributed by atoms with E-state index in [1.807, 2.05) is 6.92 Å². The minimum Gasteiger partial charge on any atom is -0.466 e. The molecule has 0 spiro atoms. The number of unbranched alkanes of at least 4 members (excludes halogenated alkanes) is 4. The molecule has 1 aliphatic carbocycles. The van der Waals surface area contributed by atoms with Gasteiger partial charge in [0.1, 0.15) is 0 Å². The Bertz CT molecular complexity index is 547. The van der Waals surface area contributed by atoms with E-state index >= 15 is 0 Å². The Hall–Kier alpha value is -1.79. The molecule has 0 aromatic rings. The van der Waals surface area contributed by atoms with Crippen molar-refractivity contribution in [2.45, 2.75) is 90.0 Å². The first-order valence-corrected chi connectivity index (χ1v) is 12.1. The molecule has 2 aliphatic rings. The van der Waals surface area contributed by atoms with E-state index in [-0.39, 0.29) is 17.9 Å². The number of guanidine groups is 1. The van der Waals surface area contributed by atoms with E-state index in [0.717, 1.165) is 77.0 Å². The lowest BCUT2D eigenvalue weighted by atomic mass is 9.88. The number of ether oxygens (including phenoxy) is 1. The van der Waals surface area contributed by atoms with Crippen LogP contribution in [0, 0.1) is 5.92 Å². The molecule has 2 rings (SSSR count). The molecule has 1 amide bonds. The minimum absolute atomic E-state index is 0.0834. The van der Waals surface area contributed by atoms with Crippen LogP contribution < -0.4 is 10.6 Å². The van der Waals surface area contributed by atoms with Gasteiger partial charge in [-0.25, -0.2) is 0 Å². The summed E-state index contributed by atoms with van der Waals surface area (Å²) in [5.74, 6) is 1.37. The number of nitrogens with one attached hydrogen (secondary N) is 2. The molecule has 0 radical (unpaired) electrons. The average molecular weight is 423 g/mol. The van der Waals surface area contributed by atoms with E-state index in [4.69, 9.17) is 4.74 Å². The lowest BCUT2D eigenvalue weighted by molar-refractivity contribution is -0.143. The van der Waals surface area contributed by atoms with Crippen LogP contribution in [0.25, 0.3) is 0 Å². The summed E-state index contributed by atoms with van der Waals surface area (Å²) in [6.07, 6.45) is 12.7. The number of hydrogen-bond donors (Lipinski definition) is 2. The SMILES string of the molecule is CCOC(=O)CCCCCCCNC(=NC)NC1CCN(C(=O)C2CCCCC2)C1. The fourth-order valence-corrected chi connectivity index (χ4v) is 4.44. The van der Waals surface area contributed by atoms with Gasteiger partial charge in [-0.05, 0) is 39.0 Å². The molecule has 1 saturated heterocycles. The maximum absolute atomic E-state index is 12.7. The minimum atomic E-state index is -0.0834. The maximum atomic E-state index is 12.7. The second-order valence-electron chi connectivity index (χ2n) is 8.57. The zero-order valence-electron chi connectivity index (χ0n) is 19.1. The lowest BCUT2D eigenvalue weighted by Crippen LogP contribution is -2.45. The highest BCUT2D eigenvalue weighted by atomic mass is 16.5. The fraction of sp³-hybridized carbons (Fsp3) is 0.870. The summed E-state index contributed by atoms with van der Waals surface area (Å²) in [5, 5.41) is 6.87. The zero-order chi connectivity index (χ0) is 21.6. The van der Waals surface area contributed by atoms with Crippen molar-refractivity contribution in [3.05, 3.63) is 0 Å². The van der Waals surface area contributed by atoms with Crippen LogP contribution in [0.15, 0.2) is 4.99 Å². The van der Waals surface area contributed by atoms with Gasteiger partial charge in [0.25, 0.3) is 0 Å². The van der Waals surface area contributed by atoms with Gasteiger partial charge in [-0.2, -0.15) is 0 Å². The van der Waals surface area contributed by atoms with E-state index in [0.29, 0.717) is 18.9 Å². The van der Waals surface area contributed by atoms with Crippen LogP contribution in [-0.4, -0.2) is 62.1 Å². The van der Waals surface area contributed by atoms with Gasteiger partial charge in [-0.3, -0.25) is 14.6 Å². The maximum Gasteiger partial charge on any atom is 0.305 e. The van der Waals surface area contributed by atoms with E-state index in [1.54, 1.807) is 7.05 Å². The first kappa shape index (κ1) is 24.5. The molecular formula is C23H42N4O3. The number of nitrogens with zero attached hydrogens (tertiary/aromatic N) is 2. The number of hydrogen-bond acceptors (Lipinski definition) is 4. The molecule has 1 saturated carbocycles. The van der Waals surface area contributed by atoms with E-state index in [1.165, 1.54) is 19.3 Å². The van der Waals surface area contributed by atoms with Crippen molar-refractivity contribution in [1.29, 1.82) is 0 Å². The first-order chi connectivity index (χ1) is 14.6. The van der Waals surface area contributed by atoms with Gasteiger partial charge >= 0.3 is 5.97 Å². The number of aliphatic imine (C=N–C) groups is 1. The van der Waals surface area contributed by atoms with Crippen LogP contribution in [0.4, 0.5) is 0 Å². The predicted molar refractivity (Wildman–Crippen MR) is 120 cm³/mol. The van der Waals surface area contributed by atoms with Gasteiger partial charge in [0.2, 0.25) is 5.91 Å². The molecule has 0 aromatic heterocycles. The number of amides is 1. The molecule has 7 nitrogen and oxygen atoms in total. The smallest absolute Gasteiger partial charge is 0.305 e. The normalized spacial score (nSPS) is 20.3. The highest BCUT2D eigenvalue weighted by molar-refractivity contribution is 5.81. The topological polar surface area (TPSA) is 83.0 Å². The van der Waals surface area contributed by atoms with Crippen molar-refractivity contribution in [1.82, 2.24) is 15.5 Å². The van der Waals surface area contributed by atoms with E-state index < -0.39 is 0 Å². The predicted octanol–water partition coefficient (Wildman–Crippen LogP) is 3.24. The fourth-order valence-electron chi connectivity index (χ4n) is 4.44. The number of esters is 1. The molecule has 172 valence electrons. The second kappa shape index (κ2) is 14.3. The quantitative estimate of drug-likeness (QED) is 0.231. The Labute approximate surface area is 182 Å². The molecular weight excluding hydrogens is 380 g/mol. The van der Waals surface area contributed by atoms with E-state index in [2.05, 4.69) is 20.5 Å². The lowest BCUT2D eigenvalue weighted by Gasteiger charge is -2.26. The summed E-state index contributed by atoms with van der Waals surface area (Å²) in [4.78, 5) is 30.4. The molecule has 1 heterocycles. The van der Waals surface area contributed by atoms with Crippen molar-refractivity contribution in [3.8, 4) is 0 Å². The van der Waals surface area contributed by atoms with Crippen LogP contribution in [0.5, 0.6) is 0 Å². The van der Waals surface area contributed by atoms with Crippen LogP contribution in [0.1, 0.15) is 84.0 Å². The van der Waals surface area contributed by atoms with Gasteiger partial charge < -0.3 is 20.3 Å². The van der Waals surface area contributed by atoms with E-state index in [9.17, 15) is 9.59 Å². The van der Waals surface area contributed by atoms with Gasteiger partial charge in [0.05, 0.1) is 6.61 Å². The molecule has 1 unspecified atom stereocenters. The van der Waals surface area contributed by atoms with Gasteiger partial charge in [0.15, 0.2) is 5.96 Å².